The molecule has 0 spiro atoms. The average molecular weight is 596 g/mol. The van der Waals surface area contributed by atoms with Crippen LogP contribution in [0.5, 0.6) is 0 Å². The standard InChI is InChI=1S/C31H61NO4Si3/c1-30-18-17-23(35-38(7,8)9)19-22(30)13-14-24-25-15-16-26(27(32-33-3)21-34-37(4,5)6)31(25,2)20-28(29(24)30)36-39(10,11)12/h22-26,28-29H,13-21H2,1-12H3/b32-27-/t22-,23-,24?,25?,26?,28?,29?,30+,31+/m1/s1. The second-order valence-electron chi connectivity index (χ2n) is 17.0. The predicted octanol–water partition coefficient (Wildman–Crippen LogP) is 8.55. The number of rotatable bonds is 9. The van der Waals surface area contributed by atoms with Crippen molar-refractivity contribution in [1.29, 1.82) is 0 Å². The van der Waals surface area contributed by atoms with Crippen LogP contribution < -0.4 is 0 Å². The van der Waals surface area contributed by atoms with E-state index >= 15 is 0 Å². The van der Waals surface area contributed by atoms with Gasteiger partial charge in [0.2, 0.25) is 0 Å². The van der Waals surface area contributed by atoms with Gasteiger partial charge in [0.05, 0.1) is 12.3 Å². The second kappa shape index (κ2) is 11.3. The number of oxime groups is 1. The zero-order chi connectivity index (χ0) is 29.0. The highest BCUT2D eigenvalue weighted by Crippen LogP contribution is 2.68. The number of hydrogen-bond donors (Lipinski definition) is 0. The van der Waals surface area contributed by atoms with Gasteiger partial charge in [-0.3, -0.25) is 0 Å². The second-order valence-corrected chi connectivity index (χ2v) is 30.4. The van der Waals surface area contributed by atoms with Gasteiger partial charge in [0, 0.05) is 18.1 Å². The van der Waals surface area contributed by atoms with E-state index in [0.29, 0.717) is 36.1 Å². The highest BCUT2D eigenvalue weighted by molar-refractivity contribution is 6.70. The van der Waals surface area contributed by atoms with Crippen LogP contribution in [0.1, 0.15) is 65.2 Å². The molecule has 0 N–H and O–H groups in total. The zero-order valence-corrected chi connectivity index (χ0v) is 30.5. The Morgan fingerprint density at radius 1 is 0.795 bits per heavy atom. The van der Waals surface area contributed by atoms with E-state index in [-0.39, 0.29) is 5.41 Å². The summed E-state index contributed by atoms with van der Waals surface area (Å²) in [5.74, 6) is 3.32. The van der Waals surface area contributed by atoms with Gasteiger partial charge in [-0.15, -0.1) is 0 Å². The van der Waals surface area contributed by atoms with Gasteiger partial charge in [0.25, 0.3) is 0 Å². The lowest BCUT2D eigenvalue weighted by atomic mass is 9.44. The lowest BCUT2D eigenvalue weighted by molar-refractivity contribution is -0.168. The Bertz CT molecular complexity index is 894. The minimum Gasteiger partial charge on any atom is -0.415 e. The summed E-state index contributed by atoms with van der Waals surface area (Å²) in [5, 5.41) is 4.64. The first-order valence-electron chi connectivity index (χ1n) is 16.0. The third-order valence-electron chi connectivity index (χ3n) is 10.8. The largest absolute Gasteiger partial charge is 0.415 e. The van der Waals surface area contributed by atoms with Crippen LogP contribution in [0.25, 0.3) is 0 Å². The monoisotopic (exact) mass is 595 g/mol. The maximum Gasteiger partial charge on any atom is 0.184 e. The third-order valence-corrected chi connectivity index (χ3v) is 13.9. The van der Waals surface area contributed by atoms with Crippen LogP contribution in [0.15, 0.2) is 5.16 Å². The summed E-state index contributed by atoms with van der Waals surface area (Å²) in [5.41, 5.74) is 1.68. The normalized spacial score (nSPS) is 41.5. The van der Waals surface area contributed by atoms with Crippen molar-refractivity contribution in [2.75, 3.05) is 13.7 Å². The molecule has 226 valence electrons. The molecule has 4 aliphatic rings. The van der Waals surface area contributed by atoms with Gasteiger partial charge < -0.3 is 18.1 Å². The van der Waals surface area contributed by atoms with Crippen LogP contribution in [0.3, 0.4) is 0 Å². The Labute approximate surface area is 243 Å². The molecular weight excluding hydrogens is 535 g/mol. The summed E-state index contributed by atoms with van der Waals surface area (Å²) in [6, 6.07) is 0. The fraction of sp³-hybridized carbons (Fsp3) is 0.968. The lowest BCUT2D eigenvalue weighted by Crippen LogP contribution is -2.61. The van der Waals surface area contributed by atoms with E-state index in [1.54, 1.807) is 7.11 Å². The topological polar surface area (TPSA) is 49.3 Å². The van der Waals surface area contributed by atoms with Crippen LogP contribution in [0.2, 0.25) is 58.9 Å². The number of nitrogens with zero attached hydrogens (tertiary/aromatic N) is 1. The minimum atomic E-state index is -1.73. The fourth-order valence-electron chi connectivity index (χ4n) is 9.62. The van der Waals surface area contributed by atoms with Crippen LogP contribution in [-0.4, -0.2) is 56.6 Å². The molecule has 39 heavy (non-hydrogen) atoms. The molecule has 4 saturated carbocycles. The van der Waals surface area contributed by atoms with Crippen molar-refractivity contribution in [3.05, 3.63) is 0 Å². The molecular formula is C31H61NO4Si3. The minimum absolute atomic E-state index is 0.187. The van der Waals surface area contributed by atoms with Gasteiger partial charge in [-0.05, 0) is 145 Å². The SMILES string of the molecule is CO/N=C(/CO[Si](C)(C)C)C1CCC2C3CC[C@@H]4C[C@H](O[Si](C)(C)C)CC[C@]4(C)C3C(O[Si](C)(C)C)C[C@]12C. The fourth-order valence-corrected chi connectivity index (χ4v) is 12.6. The molecule has 4 fully saturated rings. The van der Waals surface area contributed by atoms with Gasteiger partial charge in [0.15, 0.2) is 25.0 Å². The van der Waals surface area contributed by atoms with E-state index in [1.807, 2.05) is 0 Å². The van der Waals surface area contributed by atoms with Crippen LogP contribution in [-0.2, 0) is 18.1 Å². The van der Waals surface area contributed by atoms with Gasteiger partial charge in [0.1, 0.15) is 7.11 Å². The van der Waals surface area contributed by atoms with Gasteiger partial charge in [-0.25, -0.2) is 0 Å². The Hall–Kier alpha value is 0.000649. The van der Waals surface area contributed by atoms with Crippen molar-refractivity contribution in [3.8, 4) is 0 Å². The molecule has 5 nitrogen and oxygen atoms in total. The lowest BCUT2D eigenvalue weighted by Gasteiger charge is -2.64. The summed E-state index contributed by atoms with van der Waals surface area (Å²) in [4.78, 5) is 5.44. The first kappa shape index (κ1) is 31.9. The quantitative estimate of drug-likeness (QED) is 0.152. The predicted molar refractivity (Wildman–Crippen MR) is 171 cm³/mol. The molecule has 0 aromatic rings. The maximum atomic E-state index is 7.26. The van der Waals surface area contributed by atoms with Crippen molar-refractivity contribution >= 4 is 30.7 Å². The average Bonchev–Trinajstić information content (AvgIpc) is 3.10. The molecule has 0 radical (unpaired) electrons. The van der Waals surface area contributed by atoms with Crippen molar-refractivity contribution in [2.24, 2.45) is 45.6 Å². The zero-order valence-electron chi connectivity index (χ0n) is 27.5. The van der Waals surface area contributed by atoms with Crippen molar-refractivity contribution in [2.45, 2.75) is 136 Å². The van der Waals surface area contributed by atoms with Crippen LogP contribution in [0, 0.1) is 40.4 Å². The van der Waals surface area contributed by atoms with Crippen molar-refractivity contribution in [1.82, 2.24) is 0 Å². The van der Waals surface area contributed by atoms with E-state index < -0.39 is 25.0 Å². The Morgan fingerprint density at radius 3 is 2.05 bits per heavy atom. The molecule has 4 rings (SSSR count). The third kappa shape index (κ3) is 6.98. The Balaban J connectivity index is 1.64. The molecule has 0 heterocycles. The van der Waals surface area contributed by atoms with Crippen molar-refractivity contribution in [3.63, 3.8) is 0 Å². The number of fused-ring (bicyclic) bond motifs is 5. The van der Waals surface area contributed by atoms with E-state index in [0.717, 1.165) is 29.9 Å². The van der Waals surface area contributed by atoms with E-state index in [1.165, 1.54) is 44.9 Å². The molecule has 8 heteroatoms. The first-order valence-corrected chi connectivity index (χ1v) is 26.2. The summed E-state index contributed by atoms with van der Waals surface area (Å²) >= 11 is 0. The van der Waals surface area contributed by atoms with E-state index in [4.69, 9.17) is 18.1 Å². The Kier molecular flexibility index (Phi) is 9.21. The van der Waals surface area contributed by atoms with Crippen LogP contribution >= 0.6 is 0 Å². The first-order chi connectivity index (χ1) is 17.9. The molecule has 9 atom stereocenters. The van der Waals surface area contributed by atoms with Crippen molar-refractivity contribution < 1.29 is 18.1 Å². The molecule has 4 aliphatic carbocycles. The molecule has 0 saturated heterocycles. The van der Waals surface area contributed by atoms with Crippen LogP contribution in [0.4, 0.5) is 0 Å². The summed E-state index contributed by atoms with van der Waals surface area (Å²) in [6.45, 7) is 26.9. The summed E-state index contributed by atoms with van der Waals surface area (Å²) in [7, 11) is -3.21. The molecule has 0 aliphatic heterocycles. The van der Waals surface area contributed by atoms with Gasteiger partial charge in [-0.2, -0.15) is 0 Å². The molecule has 0 amide bonds. The molecule has 0 bridgehead atoms. The molecule has 5 unspecified atom stereocenters. The maximum absolute atomic E-state index is 7.26. The summed E-state index contributed by atoms with van der Waals surface area (Å²) in [6.07, 6.45) is 11.0. The van der Waals surface area contributed by atoms with E-state index in [9.17, 15) is 0 Å². The smallest absolute Gasteiger partial charge is 0.184 e. The molecule has 0 aromatic carbocycles. The Morgan fingerprint density at radius 2 is 1.46 bits per heavy atom. The molecule has 0 aromatic heterocycles. The highest BCUT2D eigenvalue weighted by atomic mass is 28.4. The summed E-state index contributed by atoms with van der Waals surface area (Å²) < 4.78 is 20.4. The van der Waals surface area contributed by atoms with E-state index in [2.05, 4.69) is 77.9 Å². The van der Waals surface area contributed by atoms with Gasteiger partial charge >= 0.3 is 0 Å². The number of hydrogen-bond acceptors (Lipinski definition) is 5. The van der Waals surface area contributed by atoms with Gasteiger partial charge in [-0.1, -0.05) is 19.0 Å². The highest BCUT2D eigenvalue weighted by Gasteiger charge is 2.64.